The summed E-state index contributed by atoms with van der Waals surface area (Å²) in [5, 5.41) is 0.0125. The molecule has 2 atom stereocenters. The molecule has 0 amide bonds. The number of ether oxygens (including phenoxy) is 1. The van der Waals surface area contributed by atoms with Crippen LogP contribution >= 0.6 is 12.6 Å². The fraction of sp³-hybridized carbons (Fsp3) is 0.375. The first-order valence-electron chi connectivity index (χ1n) is 7.79. The van der Waals surface area contributed by atoms with Gasteiger partial charge in [0.15, 0.2) is 23.3 Å². The van der Waals surface area contributed by atoms with Crippen molar-refractivity contribution in [3.05, 3.63) is 47.2 Å². The highest BCUT2D eigenvalue weighted by Gasteiger charge is 2.32. The summed E-state index contributed by atoms with van der Waals surface area (Å²) >= 11 is 4.43. The van der Waals surface area contributed by atoms with Crippen LogP contribution in [0.2, 0.25) is 0 Å². The molecule has 1 fully saturated rings. The first-order valence-corrected chi connectivity index (χ1v) is 8.30. The summed E-state index contributed by atoms with van der Waals surface area (Å²) in [5.41, 5.74) is 5.39. The number of halogens is 4. The largest absolute Gasteiger partial charge is 0.381 e. The third-order valence-corrected chi connectivity index (χ3v) is 4.44. The summed E-state index contributed by atoms with van der Waals surface area (Å²) in [5.74, 6) is -4.00. The van der Waals surface area contributed by atoms with Gasteiger partial charge < -0.3 is 15.4 Å². The van der Waals surface area contributed by atoms with Crippen molar-refractivity contribution in [2.45, 2.75) is 24.3 Å². The molecule has 2 unspecified atom stereocenters. The Bertz CT molecular complexity index is 810. The minimum Gasteiger partial charge on any atom is -0.381 e. The first kappa shape index (κ1) is 18.7. The average molecular weight is 388 g/mol. The maximum atomic E-state index is 13.6. The molecule has 0 bridgehead atoms. The van der Waals surface area contributed by atoms with Crippen molar-refractivity contribution < 1.29 is 22.3 Å². The fourth-order valence-corrected chi connectivity index (χ4v) is 3.20. The molecule has 1 aromatic carbocycles. The van der Waals surface area contributed by atoms with Gasteiger partial charge in [-0.2, -0.15) is 17.6 Å². The second-order valence-corrected chi connectivity index (χ2v) is 6.70. The van der Waals surface area contributed by atoms with Gasteiger partial charge in [-0.05, 0) is 12.5 Å². The highest BCUT2D eigenvalue weighted by molar-refractivity contribution is 7.81. The van der Waals surface area contributed by atoms with Crippen LogP contribution in [-0.2, 0) is 11.3 Å². The van der Waals surface area contributed by atoms with Crippen LogP contribution in [0.3, 0.4) is 0 Å². The Hall–Kier alpha value is -2.07. The van der Waals surface area contributed by atoms with Crippen molar-refractivity contribution >= 4 is 24.4 Å². The minimum atomic E-state index is -1.25. The molecule has 2 heterocycles. The second kappa shape index (κ2) is 7.67. The number of nitrogens with zero attached hydrogens (tertiary/aromatic N) is 3. The molecular formula is C16H16F4N4OS. The zero-order valence-corrected chi connectivity index (χ0v) is 14.4. The van der Waals surface area contributed by atoms with Gasteiger partial charge in [0.1, 0.15) is 5.82 Å². The maximum absolute atomic E-state index is 13.6. The van der Waals surface area contributed by atoms with E-state index in [-0.39, 0.29) is 41.8 Å². The van der Waals surface area contributed by atoms with Crippen molar-refractivity contribution in [2.75, 3.05) is 23.8 Å². The molecule has 1 aromatic heterocycles. The lowest BCUT2D eigenvalue weighted by Gasteiger charge is -2.24. The lowest BCUT2D eigenvalue weighted by molar-refractivity contribution is 0.106. The third kappa shape index (κ3) is 4.01. The predicted molar refractivity (Wildman–Crippen MR) is 90.9 cm³/mol. The van der Waals surface area contributed by atoms with E-state index in [0.29, 0.717) is 19.0 Å². The van der Waals surface area contributed by atoms with Gasteiger partial charge in [0.05, 0.1) is 25.5 Å². The second-order valence-electron chi connectivity index (χ2n) is 5.97. The Labute approximate surface area is 152 Å². The number of hydrogen-bond donors (Lipinski definition) is 2. The van der Waals surface area contributed by atoms with Crippen LogP contribution in [0, 0.1) is 23.3 Å². The quantitative estimate of drug-likeness (QED) is 0.469. The standard InChI is InChI=1S/C16H16F4N4OS/c17-11-3-13(19)12(18)1-8(11)6-25-7-9-2-10(26)5-24(9)16-22-4-14(20)15(21)23-16/h1,3-4,9-10,26H,2,5-7H2,(H2,21,22,23). The van der Waals surface area contributed by atoms with Crippen LogP contribution in [0.25, 0.3) is 0 Å². The molecule has 0 aliphatic carbocycles. The molecule has 10 heteroatoms. The number of rotatable bonds is 5. The molecule has 0 spiro atoms. The SMILES string of the molecule is Nc1nc(N2CC(S)CC2COCc2cc(F)c(F)cc2F)ncc1F. The average Bonchev–Trinajstić information content (AvgIpc) is 2.95. The van der Waals surface area contributed by atoms with E-state index in [4.69, 9.17) is 10.5 Å². The molecule has 0 saturated carbocycles. The predicted octanol–water partition coefficient (Wildman–Crippen LogP) is 2.71. The Morgan fingerprint density at radius 1 is 1.15 bits per heavy atom. The molecule has 1 aliphatic heterocycles. The fourth-order valence-electron chi connectivity index (χ4n) is 2.78. The molecule has 3 rings (SSSR count). The van der Waals surface area contributed by atoms with E-state index in [1.165, 1.54) is 0 Å². The van der Waals surface area contributed by atoms with Crippen molar-refractivity contribution in [3.8, 4) is 0 Å². The number of thiol groups is 1. The van der Waals surface area contributed by atoms with Crippen LogP contribution in [0.1, 0.15) is 12.0 Å². The van der Waals surface area contributed by atoms with Gasteiger partial charge in [-0.25, -0.2) is 22.5 Å². The normalized spacial score (nSPS) is 20.0. The zero-order valence-electron chi connectivity index (χ0n) is 13.5. The van der Waals surface area contributed by atoms with E-state index < -0.39 is 23.3 Å². The molecule has 5 nitrogen and oxygen atoms in total. The van der Waals surface area contributed by atoms with Crippen LogP contribution in [-0.4, -0.2) is 34.4 Å². The van der Waals surface area contributed by atoms with Gasteiger partial charge in [0.25, 0.3) is 0 Å². The van der Waals surface area contributed by atoms with Gasteiger partial charge in [0, 0.05) is 23.4 Å². The van der Waals surface area contributed by atoms with Gasteiger partial charge in [-0.15, -0.1) is 0 Å². The summed E-state index contributed by atoms with van der Waals surface area (Å²) in [6, 6.07) is 1.05. The summed E-state index contributed by atoms with van der Waals surface area (Å²) in [6.45, 7) is 0.426. The Balaban J connectivity index is 1.66. The minimum absolute atomic E-state index is 0.0125. The molecule has 26 heavy (non-hydrogen) atoms. The lowest BCUT2D eigenvalue weighted by Crippen LogP contribution is -2.34. The van der Waals surface area contributed by atoms with Crippen LogP contribution in [0.4, 0.5) is 29.3 Å². The number of aromatic nitrogens is 2. The Morgan fingerprint density at radius 2 is 1.88 bits per heavy atom. The molecule has 2 aromatic rings. The number of anilines is 2. The van der Waals surface area contributed by atoms with E-state index in [1.807, 2.05) is 0 Å². The van der Waals surface area contributed by atoms with Crippen LogP contribution in [0.5, 0.6) is 0 Å². The smallest absolute Gasteiger partial charge is 0.227 e. The van der Waals surface area contributed by atoms with Gasteiger partial charge in [-0.1, -0.05) is 0 Å². The monoisotopic (exact) mass is 388 g/mol. The van der Waals surface area contributed by atoms with E-state index in [1.54, 1.807) is 4.90 Å². The van der Waals surface area contributed by atoms with E-state index in [0.717, 1.165) is 12.3 Å². The molecule has 1 saturated heterocycles. The third-order valence-electron chi connectivity index (χ3n) is 4.06. The highest BCUT2D eigenvalue weighted by Crippen LogP contribution is 2.27. The van der Waals surface area contributed by atoms with Crippen molar-refractivity contribution in [1.29, 1.82) is 0 Å². The molecule has 2 N–H and O–H groups in total. The van der Waals surface area contributed by atoms with Gasteiger partial charge in [-0.3, -0.25) is 0 Å². The molecule has 140 valence electrons. The van der Waals surface area contributed by atoms with Gasteiger partial charge >= 0.3 is 0 Å². The van der Waals surface area contributed by atoms with E-state index >= 15 is 0 Å². The summed E-state index contributed by atoms with van der Waals surface area (Å²) in [4.78, 5) is 9.62. The topological polar surface area (TPSA) is 64.3 Å². The van der Waals surface area contributed by atoms with E-state index in [9.17, 15) is 17.6 Å². The maximum Gasteiger partial charge on any atom is 0.227 e. The van der Waals surface area contributed by atoms with Crippen LogP contribution < -0.4 is 10.6 Å². The first-order chi connectivity index (χ1) is 12.3. The van der Waals surface area contributed by atoms with Crippen molar-refractivity contribution in [2.24, 2.45) is 0 Å². The Morgan fingerprint density at radius 3 is 2.62 bits per heavy atom. The van der Waals surface area contributed by atoms with Crippen molar-refractivity contribution in [3.63, 3.8) is 0 Å². The number of nitrogens with two attached hydrogens (primary N) is 1. The van der Waals surface area contributed by atoms with Crippen molar-refractivity contribution in [1.82, 2.24) is 9.97 Å². The Kier molecular flexibility index (Phi) is 5.52. The van der Waals surface area contributed by atoms with Gasteiger partial charge in [0.2, 0.25) is 5.95 Å². The number of benzene rings is 1. The van der Waals surface area contributed by atoms with Crippen LogP contribution in [0.15, 0.2) is 18.3 Å². The molecular weight excluding hydrogens is 372 g/mol. The summed E-state index contributed by atoms with van der Waals surface area (Å²) in [7, 11) is 0. The molecule has 0 radical (unpaired) electrons. The summed E-state index contributed by atoms with van der Waals surface area (Å²) < 4.78 is 58.5. The van der Waals surface area contributed by atoms with E-state index in [2.05, 4.69) is 22.6 Å². The lowest BCUT2D eigenvalue weighted by atomic mass is 10.2. The molecule has 1 aliphatic rings. The zero-order chi connectivity index (χ0) is 18.8. The highest BCUT2D eigenvalue weighted by atomic mass is 32.1. The number of hydrogen-bond acceptors (Lipinski definition) is 6. The summed E-state index contributed by atoms with van der Waals surface area (Å²) in [6.07, 6.45) is 1.61. The number of nitrogen functional groups attached to an aromatic ring is 1.